The van der Waals surface area contributed by atoms with Crippen molar-refractivity contribution in [3.8, 4) is 28.5 Å². The van der Waals surface area contributed by atoms with Gasteiger partial charge in [-0.3, -0.25) is 10.1 Å². The van der Waals surface area contributed by atoms with Gasteiger partial charge < -0.3 is 14.2 Å². The van der Waals surface area contributed by atoms with Crippen molar-refractivity contribution in [3.63, 3.8) is 0 Å². The van der Waals surface area contributed by atoms with Crippen LogP contribution in [0.2, 0.25) is 0 Å². The van der Waals surface area contributed by atoms with Gasteiger partial charge in [0.1, 0.15) is 22.8 Å². The van der Waals surface area contributed by atoms with Crippen molar-refractivity contribution in [3.05, 3.63) is 53.4 Å². The zero-order valence-corrected chi connectivity index (χ0v) is 16.8. The first-order chi connectivity index (χ1) is 14.2. The molecule has 148 valence electrons. The van der Waals surface area contributed by atoms with E-state index in [1.54, 1.807) is 29.8 Å². The summed E-state index contributed by atoms with van der Waals surface area (Å²) in [7, 11) is 4.61. The molecule has 0 aliphatic rings. The highest BCUT2D eigenvalue weighted by Gasteiger charge is 2.21. The Morgan fingerprint density at radius 2 is 1.62 bits per heavy atom. The Balaban J connectivity index is 1.69. The molecule has 4 rings (SSSR count). The van der Waals surface area contributed by atoms with Crippen LogP contribution in [0.15, 0.2) is 47.8 Å². The van der Waals surface area contributed by atoms with E-state index >= 15 is 0 Å². The molecule has 0 unspecified atom stereocenters. The molecule has 1 amide bonds. The summed E-state index contributed by atoms with van der Waals surface area (Å²) in [6.07, 6.45) is 0. The lowest BCUT2D eigenvalue weighted by Crippen LogP contribution is -2.15. The number of fused-ring (bicyclic) bond motifs is 1. The quantitative estimate of drug-likeness (QED) is 0.521. The molecule has 0 saturated carbocycles. The second-order valence-corrected chi connectivity index (χ2v) is 6.78. The highest BCUT2D eigenvalue weighted by Crippen LogP contribution is 2.33. The first-order valence-electron chi connectivity index (χ1n) is 8.66. The smallest absolute Gasteiger partial charge is 0.265 e. The van der Waals surface area contributed by atoms with Crippen molar-refractivity contribution in [2.75, 3.05) is 26.6 Å². The summed E-state index contributed by atoms with van der Waals surface area (Å²) < 4.78 is 17.7. The van der Waals surface area contributed by atoms with E-state index in [2.05, 4.69) is 15.4 Å². The zero-order chi connectivity index (χ0) is 20.4. The molecule has 0 spiro atoms. The Kier molecular flexibility index (Phi) is 5.05. The van der Waals surface area contributed by atoms with Gasteiger partial charge in [0, 0.05) is 10.9 Å². The number of aromatic nitrogens is 3. The standard InChI is InChI=1S/C20H18N4O4S/c1-26-14-8-5-4-7-12(14)13-11-29-20-22-19(23-24(13)20)21-18(25)17-15(27-2)9-6-10-16(17)28-3/h4-11H,1-3H3,(H,21,23,25). The number of benzene rings is 2. The molecule has 2 heterocycles. The Morgan fingerprint density at radius 3 is 2.31 bits per heavy atom. The monoisotopic (exact) mass is 410 g/mol. The minimum Gasteiger partial charge on any atom is -0.496 e. The van der Waals surface area contributed by atoms with Crippen molar-refractivity contribution in [1.29, 1.82) is 0 Å². The molecule has 4 aromatic rings. The summed E-state index contributed by atoms with van der Waals surface area (Å²) in [4.78, 5) is 17.9. The van der Waals surface area contributed by atoms with Gasteiger partial charge in [-0.25, -0.2) is 4.52 Å². The molecule has 0 atom stereocenters. The number of carbonyl (C=O) groups is 1. The van der Waals surface area contributed by atoms with Crippen molar-refractivity contribution in [2.45, 2.75) is 0 Å². The van der Waals surface area contributed by atoms with E-state index in [1.807, 2.05) is 29.6 Å². The number of methoxy groups -OCH3 is 3. The fourth-order valence-electron chi connectivity index (χ4n) is 3.02. The van der Waals surface area contributed by atoms with Crippen LogP contribution in [0.5, 0.6) is 17.2 Å². The molecular formula is C20H18N4O4S. The van der Waals surface area contributed by atoms with Gasteiger partial charge >= 0.3 is 0 Å². The number of nitrogens with zero attached hydrogens (tertiary/aromatic N) is 3. The normalized spacial score (nSPS) is 10.7. The van der Waals surface area contributed by atoms with Crippen LogP contribution in [-0.4, -0.2) is 41.8 Å². The summed E-state index contributed by atoms with van der Waals surface area (Å²) in [6, 6.07) is 12.8. The van der Waals surface area contributed by atoms with E-state index in [-0.39, 0.29) is 11.5 Å². The van der Waals surface area contributed by atoms with Crippen LogP contribution in [0.4, 0.5) is 5.95 Å². The van der Waals surface area contributed by atoms with Gasteiger partial charge in [-0.2, -0.15) is 4.98 Å². The summed E-state index contributed by atoms with van der Waals surface area (Å²) in [5.74, 6) is 1.30. The minimum atomic E-state index is -0.420. The second-order valence-electron chi connectivity index (χ2n) is 5.94. The Morgan fingerprint density at radius 1 is 0.966 bits per heavy atom. The molecule has 0 saturated heterocycles. The first kappa shape index (κ1) is 18.8. The van der Waals surface area contributed by atoms with Gasteiger partial charge in [0.15, 0.2) is 0 Å². The van der Waals surface area contributed by atoms with Gasteiger partial charge in [-0.1, -0.05) is 18.2 Å². The average Bonchev–Trinajstić information content (AvgIpc) is 3.33. The number of thiazole rings is 1. The van der Waals surface area contributed by atoms with Crippen LogP contribution in [-0.2, 0) is 0 Å². The van der Waals surface area contributed by atoms with Gasteiger partial charge in [-0.15, -0.1) is 16.4 Å². The van der Waals surface area contributed by atoms with Gasteiger partial charge in [0.05, 0.1) is 27.0 Å². The number of para-hydroxylation sites is 1. The topological polar surface area (TPSA) is 87.0 Å². The van der Waals surface area contributed by atoms with Crippen LogP contribution < -0.4 is 19.5 Å². The Bertz CT molecular complexity index is 1160. The van der Waals surface area contributed by atoms with E-state index in [9.17, 15) is 4.79 Å². The Hall–Kier alpha value is -3.59. The number of anilines is 1. The van der Waals surface area contributed by atoms with Gasteiger partial charge in [-0.05, 0) is 24.3 Å². The largest absolute Gasteiger partial charge is 0.496 e. The lowest BCUT2D eigenvalue weighted by Gasteiger charge is -2.11. The molecule has 29 heavy (non-hydrogen) atoms. The molecule has 9 heteroatoms. The van der Waals surface area contributed by atoms with E-state index < -0.39 is 5.91 Å². The molecule has 0 bridgehead atoms. The first-order valence-corrected chi connectivity index (χ1v) is 9.54. The third-order valence-electron chi connectivity index (χ3n) is 4.34. The maximum Gasteiger partial charge on any atom is 0.265 e. The molecule has 8 nitrogen and oxygen atoms in total. The SMILES string of the molecule is COc1ccccc1-c1csc2nc(NC(=O)c3c(OC)cccc3OC)nn12. The summed E-state index contributed by atoms with van der Waals surface area (Å²) in [6.45, 7) is 0. The molecule has 0 aliphatic carbocycles. The maximum atomic E-state index is 12.9. The lowest BCUT2D eigenvalue weighted by molar-refractivity contribution is 0.102. The fourth-order valence-corrected chi connectivity index (χ4v) is 3.84. The number of ether oxygens (including phenoxy) is 3. The number of hydrogen-bond donors (Lipinski definition) is 1. The van der Waals surface area contributed by atoms with Crippen LogP contribution in [0.3, 0.4) is 0 Å². The number of rotatable bonds is 6. The predicted octanol–water partition coefficient (Wildman–Crippen LogP) is 3.74. The summed E-state index contributed by atoms with van der Waals surface area (Å²) in [5, 5.41) is 9.12. The second kappa shape index (κ2) is 7.80. The summed E-state index contributed by atoms with van der Waals surface area (Å²) >= 11 is 1.42. The van der Waals surface area contributed by atoms with Crippen molar-refractivity contribution < 1.29 is 19.0 Å². The van der Waals surface area contributed by atoms with Crippen molar-refractivity contribution in [1.82, 2.24) is 14.6 Å². The van der Waals surface area contributed by atoms with Crippen LogP contribution in [0.1, 0.15) is 10.4 Å². The number of carbonyl (C=O) groups excluding carboxylic acids is 1. The average molecular weight is 410 g/mol. The highest BCUT2D eigenvalue weighted by atomic mass is 32.1. The number of nitrogens with one attached hydrogen (secondary N) is 1. The highest BCUT2D eigenvalue weighted by molar-refractivity contribution is 7.15. The lowest BCUT2D eigenvalue weighted by atomic mass is 10.1. The van der Waals surface area contributed by atoms with Gasteiger partial charge in [0.2, 0.25) is 4.96 Å². The minimum absolute atomic E-state index is 0.186. The van der Waals surface area contributed by atoms with Gasteiger partial charge in [0.25, 0.3) is 11.9 Å². The van der Waals surface area contributed by atoms with Crippen LogP contribution in [0, 0.1) is 0 Å². The van der Waals surface area contributed by atoms with E-state index in [4.69, 9.17) is 14.2 Å². The molecular weight excluding hydrogens is 392 g/mol. The third kappa shape index (κ3) is 3.36. The fraction of sp³-hybridized carbons (Fsp3) is 0.150. The molecule has 2 aromatic carbocycles. The van der Waals surface area contributed by atoms with Crippen molar-refractivity contribution in [2.24, 2.45) is 0 Å². The molecule has 2 aromatic heterocycles. The third-order valence-corrected chi connectivity index (χ3v) is 5.16. The molecule has 0 fully saturated rings. The predicted molar refractivity (Wildman–Crippen MR) is 110 cm³/mol. The molecule has 0 radical (unpaired) electrons. The van der Waals surface area contributed by atoms with Crippen molar-refractivity contribution >= 4 is 28.2 Å². The van der Waals surface area contributed by atoms with Crippen LogP contribution >= 0.6 is 11.3 Å². The van der Waals surface area contributed by atoms with E-state index in [0.717, 1.165) is 17.0 Å². The Labute approximate surface area is 170 Å². The summed E-state index contributed by atoms with van der Waals surface area (Å²) in [5.41, 5.74) is 1.99. The zero-order valence-electron chi connectivity index (χ0n) is 16.0. The number of amides is 1. The number of hydrogen-bond acceptors (Lipinski definition) is 7. The van der Waals surface area contributed by atoms with E-state index in [1.165, 1.54) is 25.6 Å². The van der Waals surface area contributed by atoms with Crippen LogP contribution in [0.25, 0.3) is 16.2 Å². The molecule has 1 N–H and O–H groups in total. The maximum absolute atomic E-state index is 12.9. The van der Waals surface area contributed by atoms with E-state index in [0.29, 0.717) is 16.5 Å². The molecule has 0 aliphatic heterocycles.